The second-order valence-corrected chi connectivity index (χ2v) is 7.56. The summed E-state index contributed by atoms with van der Waals surface area (Å²) in [7, 11) is 0. The minimum Gasteiger partial charge on any atom is -0.317 e. The van der Waals surface area contributed by atoms with Crippen LogP contribution in [0, 0.1) is 25.2 Å². The van der Waals surface area contributed by atoms with E-state index in [-0.39, 0.29) is 0 Å². The molecule has 0 aliphatic rings. The van der Waals surface area contributed by atoms with Crippen LogP contribution in [0.2, 0.25) is 0 Å². The lowest BCUT2D eigenvalue weighted by Crippen LogP contribution is -1.99. The molecule has 0 bridgehead atoms. The zero-order valence-electron chi connectivity index (χ0n) is 13.9. The normalized spacial score (nSPS) is 11.4. The van der Waals surface area contributed by atoms with Gasteiger partial charge in [0.25, 0.3) is 0 Å². The molecule has 25 heavy (non-hydrogen) atoms. The Morgan fingerprint density at radius 1 is 1.04 bits per heavy atom. The van der Waals surface area contributed by atoms with E-state index < -0.39 is 0 Å². The van der Waals surface area contributed by atoms with Crippen LogP contribution in [0.5, 0.6) is 0 Å². The van der Waals surface area contributed by atoms with Crippen molar-refractivity contribution in [3.05, 3.63) is 86.1 Å². The molecule has 0 aliphatic carbocycles. The molecule has 1 aromatic heterocycles. The number of hydrogen-bond acceptors (Lipinski definition) is 1. The highest BCUT2D eigenvalue weighted by Crippen LogP contribution is 2.29. The van der Waals surface area contributed by atoms with Crippen molar-refractivity contribution in [3.8, 4) is 11.8 Å². The lowest BCUT2D eigenvalue weighted by atomic mass is 10.0. The van der Waals surface area contributed by atoms with Gasteiger partial charge in [-0.25, -0.2) is 0 Å². The molecular formula is C21H16Br2N2. The Balaban J connectivity index is 2.10. The molecule has 0 spiro atoms. The van der Waals surface area contributed by atoms with Crippen LogP contribution in [-0.2, 0) is 0 Å². The molecule has 4 heteroatoms. The molecule has 124 valence electrons. The summed E-state index contributed by atoms with van der Waals surface area (Å²) in [6, 6.07) is 20.4. The van der Waals surface area contributed by atoms with Crippen molar-refractivity contribution in [1.29, 1.82) is 5.26 Å². The molecule has 3 rings (SSSR count). The number of rotatable bonds is 3. The Hall–Kier alpha value is -2.09. The standard InChI is InChI=1S/C21H16Br2N2/c1-14-11-17(12-18(13-24)16-7-9-19(22)10-8-16)15(2)25(14)21-6-4-3-5-20(21)23/h3-12H,1-2H3/b18-12-. The van der Waals surface area contributed by atoms with E-state index in [4.69, 9.17) is 0 Å². The van der Waals surface area contributed by atoms with E-state index in [2.05, 4.69) is 68.5 Å². The van der Waals surface area contributed by atoms with Crippen molar-refractivity contribution in [3.63, 3.8) is 0 Å². The van der Waals surface area contributed by atoms with Crippen molar-refractivity contribution in [1.82, 2.24) is 4.57 Å². The minimum absolute atomic E-state index is 0.653. The summed E-state index contributed by atoms with van der Waals surface area (Å²) in [6.07, 6.45) is 1.96. The second-order valence-electron chi connectivity index (χ2n) is 5.79. The van der Waals surface area contributed by atoms with Crippen LogP contribution in [0.4, 0.5) is 0 Å². The first-order valence-electron chi connectivity index (χ1n) is 7.83. The molecule has 0 unspecified atom stereocenters. The molecule has 2 nitrogen and oxygen atoms in total. The van der Waals surface area contributed by atoms with Gasteiger partial charge in [0.1, 0.15) is 0 Å². The van der Waals surface area contributed by atoms with Crippen LogP contribution in [0.1, 0.15) is 22.5 Å². The van der Waals surface area contributed by atoms with E-state index in [0.717, 1.165) is 37.1 Å². The number of allylic oxidation sites excluding steroid dienone is 1. The zero-order valence-corrected chi connectivity index (χ0v) is 17.1. The fourth-order valence-corrected chi connectivity index (χ4v) is 3.63. The van der Waals surface area contributed by atoms with Crippen LogP contribution in [0.3, 0.4) is 0 Å². The number of para-hydroxylation sites is 1. The van der Waals surface area contributed by atoms with Crippen LogP contribution in [0.25, 0.3) is 17.3 Å². The quantitative estimate of drug-likeness (QED) is 0.404. The summed E-state index contributed by atoms with van der Waals surface area (Å²) in [4.78, 5) is 0. The predicted octanol–water partition coefficient (Wildman–Crippen LogP) is 6.68. The summed E-state index contributed by atoms with van der Waals surface area (Å²) < 4.78 is 4.24. The van der Waals surface area contributed by atoms with Crippen LogP contribution in [-0.4, -0.2) is 4.57 Å². The summed E-state index contributed by atoms with van der Waals surface area (Å²) in [5.41, 5.74) is 5.95. The molecule has 2 aromatic carbocycles. The molecule has 0 saturated heterocycles. The third kappa shape index (κ3) is 3.63. The maximum absolute atomic E-state index is 9.59. The molecule has 0 amide bonds. The van der Waals surface area contributed by atoms with Gasteiger partial charge < -0.3 is 4.57 Å². The number of nitrogens with zero attached hydrogens (tertiary/aromatic N) is 2. The third-order valence-corrected chi connectivity index (χ3v) is 5.34. The van der Waals surface area contributed by atoms with E-state index >= 15 is 0 Å². The molecule has 3 aromatic rings. The topological polar surface area (TPSA) is 28.7 Å². The van der Waals surface area contributed by atoms with Gasteiger partial charge in [0.05, 0.1) is 17.3 Å². The molecular weight excluding hydrogens is 440 g/mol. The van der Waals surface area contributed by atoms with Crippen molar-refractivity contribution in [2.45, 2.75) is 13.8 Å². The summed E-state index contributed by atoms with van der Waals surface area (Å²) >= 11 is 7.06. The largest absolute Gasteiger partial charge is 0.317 e. The van der Waals surface area contributed by atoms with E-state index in [0.29, 0.717) is 5.57 Å². The van der Waals surface area contributed by atoms with E-state index in [1.807, 2.05) is 48.5 Å². The highest BCUT2D eigenvalue weighted by atomic mass is 79.9. The van der Waals surface area contributed by atoms with Gasteiger partial charge >= 0.3 is 0 Å². The van der Waals surface area contributed by atoms with E-state index in [1.54, 1.807) is 0 Å². The highest BCUT2D eigenvalue weighted by Gasteiger charge is 2.12. The average molecular weight is 456 g/mol. The van der Waals surface area contributed by atoms with Crippen molar-refractivity contribution >= 4 is 43.5 Å². The number of aryl methyl sites for hydroxylation is 1. The van der Waals surface area contributed by atoms with Gasteiger partial charge in [-0.15, -0.1) is 0 Å². The van der Waals surface area contributed by atoms with Gasteiger partial charge in [0, 0.05) is 20.3 Å². The Bertz CT molecular complexity index is 990. The Morgan fingerprint density at radius 3 is 2.36 bits per heavy atom. The first kappa shape index (κ1) is 17.7. The lowest BCUT2D eigenvalue weighted by molar-refractivity contribution is 0.959. The second kappa shape index (κ2) is 7.43. The average Bonchev–Trinajstić information content (AvgIpc) is 2.88. The molecule has 0 radical (unpaired) electrons. The number of halogens is 2. The van der Waals surface area contributed by atoms with Crippen molar-refractivity contribution < 1.29 is 0 Å². The Labute approximate surface area is 164 Å². The first-order chi connectivity index (χ1) is 12.0. The van der Waals surface area contributed by atoms with Crippen LogP contribution in [0.15, 0.2) is 63.5 Å². The third-order valence-electron chi connectivity index (χ3n) is 4.14. The van der Waals surface area contributed by atoms with E-state index in [1.165, 1.54) is 0 Å². The smallest absolute Gasteiger partial charge is 0.0998 e. The number of nitriles is 1. The lowest BCUT2D eigenvalue weighted by Gasteiger charge is -2.11. The molecule has 0 atom stereocenters. The Morgan fingerprint density at radius 2 is 1.72 bits per heavy atom. The van der Waals surface area contributed by atoms with Crippen LogP contribution < -0.4 is 0 Å². The SMILES string of the molecule is Cc1cc(/C=C(/C#N)c2ccc(Br)cc2)c(C)n1-c1ccccc1Br. The van der Waals surface area contributed by atoms with E-state index in [9.17, 15) is 5.26 Å². The van der Waals surface area contributed by atoms with Crippen molar-refractivity contribution in [2.75, 3.05) is 0 Å². The summed E-state index contributed by atoms with van der Waals surface area (Å²) in [6.45, 7) is 4.16. The molecule has 0 N–H and O–H groups in total. The predicted molar refractivity (Wildman–Crippen MR) is 111 cm³/mol. The van der Waals surface area contributed by atoms with Gasteiger partial charge in [0.15, 0.2) is 0 Å². The summed E-state index contributed by atoms with van der Waals surface area (Å²) in [5, 5.41) is 9.59. The summed E-state index contributed by atoms with van der Waals surface area (Å²) in [5.74, 6) is 0. The number of hydrogen-bond donors (Lipinski definition) is 0. The minimum atomic E-state index is 0.653. The van der Waals surface area contributed by atoms with Gasteiger partial charge in [-0.05, 0) is 77.3 Å². The van der Waals surface area contributed by atoms with Gasteiger partial charge in [-0.1, -0.05) is 40.2 Å². The number of aromatic nitrogens is 1. The van der Waals surface area contributed by atoms with Gasteiger partial charge in [-0.2, -0.15) is 5.26 Å². The number of benzene rings is 2. The maximum atomic E-state index is 9.59. The Kier molecular flexibility index (Phi) is 5.27. The molecule has 0 fully saturated rings. The first-order valence-corrected chi connectivity index (χ1v) is 9.41. The molecule has 1 heterocycles. The maximum Gasteiger partial charge on any atom is 0.0998 e. The highest BCUT2D eigenvalue weighted by molar-refractivity contribution is 9.10. The molecule has 0 aliphatic heterocycles. The van der Waals surface area contributed by atoms with Gasteiger partial charge in [0.2, 0.25) is 0 Å². The van der Waals surface area contributed by atoms with Crippen molar-refractivity contribution in [2.24, 2.45) is 0 Å². The fourth-order valence-electron chi connectivity index (χ4n) is 2.90. The van der Waals surface area contributed by atoms with Gasteiger partial charge in [-0.3, -0.25) is 0 Å². The monoisotopic (exact) mass is 454 g/mol. The fraction of sp³-hybridized carbons (Fsp3) is 0.0952. The van der Waals surface area contributed by atoms with Crippen LogP contribution >= 0.6 is 31.9 Å². The zero-order chi connectivity index (χ0) is 18.0. The molecule has 0 saturated carbocycles.